The summed E-state index contributed by atoms with van der Waals surface area (Å²) in [4.78, 5) is 4.36. The van der Waals surface area contributed by atoms with Crippen LogP contribution in [0, 0.1) is 0 Å². The Labute approximate surface area is 125 Å². The Morgan fingerprint density at radius 2 is 1.95 bits per heavy atom. The second kappa shape index (κ2) is 6.24. The van der Waals surface area contributed by atoms with Crippen molar-refractivity contribution in [1.29, 1.82) is 0 Å². The van der Waals surface area contributed by atoms with Crippen LogP contribution in [0.25, 0.3) is 0 Å². The molecule has 1 aromatic heterocycles. The summed E-state index contributed by atoms with van der Waals surface area (Å²) in [7, 11) is -0.376. The van der Waals surface area contributed by atoms with E-state index in [-0.39, 0.29) is 10.9 Å². The first-order chi connectivity index (χ1) is 9.91. The third-order valence-corrected chi connectivity index (χ3v) is 4.99. The summed E-state index contributed by atoms with van der Waals surface area (Å²) >= 11 is 0. The Morgan fingerprint density at radius 3 is 2.57 bits per heavy atom. The number of hydrogen-bond donors (Lipinski definition) is 1. The van der Waals surface area contributed by atoms with Gasteiger partial charge in [-0.25, -0.2) is 12.7 Å². The zero-order valence-corrected chi connectivity index (χ0v) is 13.1. The van der Waals surface area contributed by atoms with E-state index in [1.165, 1.54) is 18.4 Å². The lowest BCUT2D eigenvalue weighted by Crippen LogP contribution is -2.22. The molecule has 0 aliphatic rings. The average Bonchev–Trinajstić information content (AvgIpc) is 2.48. The fraction of sp³-hybridized carbons (Fsp3) is 0.267. The Kier molecular flexibility index (Phi) is 4.59. The number of sulfonamides is 1. The molecule has 112 valence electrons. The summed E-state index contributed by atoms with van der Waals surface area (Å²) in [5.41, 5.74) is 1.80. The Bertz CT molecular complexity index is 700. The van der Waals surface area contributed by atoms with Gasteiger partial charge in [-0.15, -0.1) is 0 Å². The highest BCUT2D eigenvalue weighted by Gasteiger charge is 2.17. The number of benzene rings is 1. The van der Waals surface area contributed by atoms with E-state index in [0.717, 1.165) is 11.3 Å². The molecular weight excluding hydrogens is 286 g/mol. The molecule has 1 heterocycles. The third kappa shape index (κ3) is 3.59. The van der Waals surface area contributed by atoms with Crippen molar-refractivity contribution in [3.05, 3.63) is 54.4 Å². The quantitative estimate of drug-likeness (QED) is 0.922. The molecule has 0 bridgehead atoms. The molecule has 0 saturated carbocycles. The van der Waals surface area contributed by atoms with Crippen molar-refractivity contribution in [1.82, 2.24) is 9.29 Å². The molecule has 2 rings (SSSR count). The van der Waals surface area contributed by atoms with Gasteiger partial charge in [0.05, 0.1) is 10.9 Å². The van der Waals surface area contributed by atoms with Crippen LogP contribution in [-0.4, -0.2) is 31.8 Å². The van der Waals surface area contributed by atoms with Crippen molar-refractivity contribution in [2.24, 2.45) is 0 Å². The Balaban J connectivity index is 2.23. The van der Waals surface area contributed by atoms with Crippen molar-refractivity contribution < 1.29 is 8.42 Å². The van der Waals surface area contributed by atoms with Crippen LogP contribution in [-0.2, 0) is 10.0 Å². The molecule has 0 fully saturated rings. The van der Waals surface area contributed by atoms with E-state index in [1.54, 1.807) is 30.6 Å². The normalized spacial score (nSPS) is 13.1. The number of nitrogens with one attached hydrogen (secondary N) is 1. The molecule has 2 aromatic rings. The van der Waals surface area contributed by atoms with E-state index >= 15 is 0 Å². The number of hydrogen-bond acceptors (Lipinski definition) is 4. The zero-order chi connectivity index (χ0) is 15.5. The van der Waals surface area contributed by atoms with Gasteiger partial charge < -0.3 is 5.32 Å². The number of pyridine rings is 1. The van der Waals surface area contributed by atoms with E-state index in [0.29, 0.717) is 0 Å². The van der Waals surface area contributed by atoms with Gasteiger partial charge in [-0.2, -0.15) is 0 Å². The highest BCUT2D eigenvalue weighted by atomic mass is 32.2. The molecule has 0 aliphatic carbocycles. The number of nitrogens with zero attached hydrogens (tertiary/aromatic N) is 2. The molecule has 0 spiro atoms. The molecule has 1 atom stereocenters. The lowest BCUT2D eigenvalue weighted by molar-refractivity contribution is 0.521. The fourth-order valence-electron chi connectivity index (χ4n) is 1.92. The van der Waals surface area contributed by atoms with Gasteiger partial charge in [-0.3, -0.25) is 4.98 Å². The lowest BCUT2D eigenvalue weighted by Gasteiger charge is -2.17. The van der Waals surface area contributed by atoms with Gasteiger partial charge in [0.2, 0.25) is 10.0 Å². The first-order valence-corrected chi connectivity index (χ1v) is 8.04. The van der Waals surface area contributed by atoms with Crippen molar-refractivity contribution in [2.45, 2.75) is 17.9 Å². The summed E-state index contributed by atoms with van der Waals surface area (Å²) in [6, 6.07) is 10.7. The maximum atomic E-state index is 12.1. The monoisotopic (exact) mass is 305 g/mol. The number of rotatable bonds is 5. The van der Waals surface area contributed by atoms with Gasteiger partial charge in [0.15, 0.2) is 0 Å². The fourth-order valence-corrected chi connectivity index (χ4v) is 2.87. The van der Waals surface area contributed by atoms with Crippen molar-refractivity contribution in [3.63, 3.8) is 0 Å². The molecule has 0 radical (unpaired) electrons. The minimum atomic E-state index is -3.42. The highest BCUT2D eigenvalue weighted by molar-refractivity contribution is 7.89. The van der Waals surface area contributed by atoms with E-state index < -0.39 is 10.0 Å². The molecule has 0 aliphatic heterocycles. The van der Waals surface area contributed by atoms with E-state index in [2.05, 4.69) is 10.3 Å². The van der Waals surface area contributed by atoms with Crippen LogP contribution in [0.2, 0.25) is 0 Å². The summed E-state index contributed by atoms with van der Waals surface area (Å²) < 4.78 is 25.5. The maximum absolute atomic E-state index is 12.1. The van der Waals surface area contributed by atoms with Crippen LogP contribution in [0.3, 0.4) is 0 Å². The third-order valence-electron chi connectivity index (χ3n) is 3.18. The van der Waals surface area contributed by atoms with Crippen LogP contribution >= 0.6 is 0 Å². The summed E-state index contributed by atoms with van der Waals surface area (Å²) in [5.74, 6) is 0. The largest absolute Gasteiger partial charge is 0.378 e. The standard InChI is InChI=1S/C15H19N3O2S/c1-12(13-6-5-9-16-11-13)17-14-7-4-8-15(10-14)21(19,20)18(2)3/h4-12,17H,1-3H3. The molecule has 1 N–H and O–H groups in total. The Morgan fingerprint density at radius 1 is 1.19 bits per heavy atom. The second-order valence-corrected chi connectivity index (χ2v) is 7.12. The predicted octanol–water partition coefficient (Wildman–Crippen LogP) is 2.51. The van der Waals surface area contributed by atoms with Gasteiger partial charge in [0.25, 0.3) is 0 Å². The van der Waals surface area contributed by atoms with Gasteiger partial charge >= 0.3 is 0 Å². The van der Waals surface area contributed by atoms with Crippen LogP contribution < -0.4 is 5.32 Å². The first kappa shape index (κ1) is 15.5. The van der Waals surface area contributed by atoms with Gasteiger partial charge in [0, 0.05) is 32.2 Å². The minimum absolute atomic E-state index is 0.0380. The molecule has 0 saturated heterocycles. The van der Waals surface area contributed by atoms with Gasteiger partial charge in [-0.1, -0.05) is 12.1 Å². The van der Waals surface area contributed by atoms with Crippen LogP contribution in [0.1, 0.15) is 18.5 Å². The molecule has 6 heteroatoms. The average molecular weight is 305 g/mol. The lowest BCUT2D eigenvalue weighted by atomic mass is 10.1. The molecule has 5 nitrogen and oxygen atoms in total. The summed E-state index contributed by atoms with van der Waals surface area (Å²) in [5, 5.41) is 3.29. The van der Waals surface area contributed by atoms with Crippen molar-refractivity contribution in [3.8, 4) is 0 Å². The minimum Gasteiger partial charge on any atom is -0.378 e. The SMILES string of the molecule is CC(Nc1cccc(S(=O)(=O)N(C)C)c1)c1cccnc1. The first-order valence-electron chi connectivity index (χ1n) is 6.60. The van der Waals surface area contributed by atoms with Crippen LogP contribution in [0.4, 0.5) is 5.69 Å². The van der Waals surface area contributed by atoms with E-state index in [4.69, 9.17) is 0 Å². The molecule has 1 aromatic carbocycles. The van der Waals surface area contributed by atoms with Crippen molar-refractivity contribution >= 4 is 15.7 Å². The van der Waals surface area contributed by atoms with E-state index in [1.807, 2.05) is 25.1 Å². The summed E-state index contributed by atoms with van der Waals surface area (Å²) in [6.07, 6.45) is 3.51. The highest BCUT2D eigenvalue weighted by Crippen LogP contribution is 2.22. The molecule has 21 heavy (non-hydrogen) atoms. The number of aromatic nitrogens is 1. The van der Waals surface area contributed by atoms with E-state index in [9.17, 15) is 8.42 Å². The van der Waals surface area contributed by atoms with Crippen LogP contribution in [0.5, 0.6) is 0 Å². The zero-order valence-electron chi connectivity index (χ0n) is 12.3. The van der Waals surface area contributed by atoms with Crippen LogP contribution in [0.15, 0.2) is 53.7 Å². The molecular formula is C15H19N3O2S. The van der Waals surface area contributed by atoms with Gasteiger partial charge in [-0.05, 0) is 36.8 Å². The smallest absolute Gasteiger partial charge is 0.242 e. The maximum Gasteiger partial charge on any atom is 0.242 e. The molecule has 1 unspecified atom stereocenters. The topological polar surface area (TPSA) is 62.3 Å². The predicted molar refractivity (Wildman–Crippen MR) is 83.6 cm³/mol. The second-order valence-electron chi connectivity index (χ2n) is 4.97. The molecule has 0 amide bonds. The van der Waals surface area contributed by atoms with Gasteiger partial charge in [0.1, 0.15) is 0 Å². The Hall–Kier alpha value is -1.92. The summed E-state index contributed by atoms with van der Waals surface area (Å²) in [6.45, 7) is 2.00. The van der Waals surface area contributed by atoms with Crippen molar-refractivity contribution in [2.75, 3.05) is 19.4 Å². The number of anilines is 1.